The maximum absolute atomic E-state index is 11.8. The van der Waals surface area contributed by atoms with Gasteiger partial charge >= 0.3 is 0 Å². The summed E-state index contributed by atoms with van der Waals surface area (Å²) in [6.07, 6.45) is 4.72. The average Bonchev–Trinajstić information content (AvgIpc) is 3.11. The van der Waals surface area contributed by atoms with Gasteiger partial charge in [-0.2, -0.15) is 10.2 Å². The molecule has 0 fully saturated rings. The van der Waals surface area contributed by atoms with Crippen LogP contribution in [0.1, 0.15) is 24.5 Å². The summed E-state index contributed by atoms with van der Waals surface area (Å²) in [4.78, 5) is 17.9. The van der Waals surface area contributed by atoms with E-state index in [2.05, 4.69) is 44.3 Å². The van der Waals surface area contributed by atoms with Crippen molar-refractivity contribution in [2.24, 2.45) is 0 Å². The summed E-state index contributed by atoms with van der Waals surface area (Å²) in [6.45, 7) is 8.04. The van der Waals surface area contributed by atoms with Gasteiger partial charge < -0.3 is 10.2 Å². The van der Waals surface area contributed by atoms with Gasteiger partial charge in [-0.15, -0.1) is 0 Å². The molecule has 0 atom stereocenters. The average molecular weight is 277 g/mol. The molecule has 0 unspecified atom stereocenters. The van der Waals surface area contributed by atoms with Crippen LogP contribution in [-0.4, -0.2) is 55.4 Å². The largest absolute Gasteiger partial charge is 0.317 e. The molecule has 2 aromatic heterocycles. The Morgan fingerprint density at radius 1 is 1.45 bits per heavy atom. The zero-order valence-electron chi connectivity index (χ0n) is 11.7. The maximum atomic E-state index is 11.8. The third kappa shape index (κ3) is 3.64. The Labute approximate surface area is 117 Å². The number of amides is 1. The molecule has 2 N–H and O–H groups in total. The molecule has 2 heterocycles. The number of hydrogen-bond donors (Lipinski definition) is 2. The number of nitrogens with one attached hydrogen (secondary N) is 2. The highest BCUT2D eigenvalue weighted by atomic mass is 16.2. The fraction of sp³-hybridized carbons (Fsp3) is 0.500. The smallest absolute Gasteiger partial charge is 0.293 e. The minimum absolute atomic E-state index is 0.181. The van der Waals surface area contributed by atoms with E-state index in [9.17, 15) is 4.79 Å². The van der Waals surface area contributed by atoms with Crippen LogP contribution in [0.25, 0.3) is 0 Å². The molecule has 1 amide bonds. The van der Waals surface area contributed by atoms with E-state index in [0.717, 1.165) is 26.2 Å². The molecular formula is C12H19N7O. The third-order valence-electron chi connectivity index (χ3n) is 3.06. The second kappa shape index (κ2) is 6.80. The third-order valence-corrected chi connectivity index (χ3v) is 3.06. The van der Waals surface area contributed by atoms with Crippen LogP contribution in [0.4, 0.5) is 5.69 Å². The lowest BCUT2D eigenvalue weighted by molar-refractivity contribution is 0.101. The number of rotatable bonds is 7. The molecule has 8 nitrogen and oxygen atoms in total. The highest BCUT2D eigenvalue weighted by molar-refractivity contribution is 6.01. The van der Waals surface area contributed by atoms with E-state index < -0.39 is 0 Å². The molecule has 8 heteroatoms. The number of likely N-dealkylation sites (N-methyl/N-ethyl adjacent to an activating group) is 1. The van der Waals surface area contributed by atoms with Crippen molar-refractivity contribution in [2.75, 3.05) is 25.0 Å². The quantitative estimate of drug-likeness (QED) is 0.773. The Balaban J connectivity index is 1.87. The summed E-state index contributed by atoms with van der Waals surface area (Å²) in [5.41, 5.74) is 0.644. The van der Waals surface area contributed by atoms with Gasteiger partial charge in [0, 0.05) is 12.7 Å². The number of anilines is 1. The molecule has 20 heavy (non-hydrogen) atoms. The first-order valence-corrected chi connectivity index (χ1v) is 6.64. The molecule has 0 radical (unpaired) electrons. The van der Waals surface area contributed by atoms with Gasteiger partial charge in [0.05, 0.1) is 18.4 Å². The monoisotopic (exact) mass is 277 g/mol. The van der Waals surface area contributed by atoms with E-state index in [1.807, 2.05) is 4.68 Å². The van der Waals surface area contributed by atoms with Crippen LogP contribution in [-0.2, 0) is 6.54 Å². The molecule has 0 aliphatic rings. The van der Waals surface area contributed by atoms with Gasteiger partial charge in [-0.25, -0.2) is 4.98 Å². The molecule has 0 aliphatic heterocycles. The second-order valence-electron chi connectivity index (χ2n) is 4.31. The fourth-order valence-corrected chi connectivity index (χ4v) is 1.84. The highest BCUT2D eigenvalue weighted by Crippen LogP contribution is 2.06. The van der Waals surface area contributed by atoms with E-state index >= 15 is 0 Å². The van der Waals surface area contributed by atoms with Crippen molar-refractivity contribution in [1.29, 1.82) is 0 Å². The number of nitrogens with zero attached hydrogens (tertiary/aromatic N) is 5. The van der Waals surface area contributed by atoms with Crippen molar-refractivity contribution in [1.82, 2.24) is 29.9 Å². The van der Waals surface area contributed by atoms with E-state index in [0.29, 0.717) is 5.69 Å². The normalized spacial score (nSPS) is 10.9. The molecule has 0 spiro atoms. The standard InChI is InChI=1S/C12H19N7O/c1-3-18(4-2)5-6-19-8-10(7-15-19)16-12(20)11-13-9-14-17-11/h7-9H,3-6H2,1-2H3,(H,16,20)(H,13,14,17). The molecular weight excluding hydrogens is 258 g/mol. The van der Waals surface area contributed by atoms with E-state index in [1.165, 1.54) is 6.33 Å². The predicted octanol–water partition coefficient (Wildman–Crippen LogP) is 0.595. The Kier molecular flexibility index (Phi) is 4.83. The minimum atomic E-state index is -0.328. The second-order valence-corrected chi connectivity index (χ2v) is 4.31. The Hall–Kier alpha value is -2.22. The van der Waals surface area contributed by atoms with Gasteiger partial charge in [0.25, 0.3) is 5.91 Å². The van der Waals surface area contributed by atoms with Crippen molar-refractivity contribution in [3.8, 4) is 0 Å². The van der Waals surface area contributed by atoms with Crippen molar-refractivity contribution in [3.63, 3.8) is 0 Å². The van der Waals surface area contributed by atoms with Crippen LogP contribution >= 0.6 is 0 Å². The Morgan fingerprint density at radius 3 is 2.90 bits per heavy atom. The van der Waals surface area contributed by atoms with Crippen LogP contribution in [0.15, 0.2) is 18.7 Å². The maximum Gasteiger partial charge on any atom is 0.293 e. The molecule has 0 aromatic carbocycles. The number of carbonyl (C=O) groups is 1. The molecule has 108 valence electrons. The van der Waals surface area contributed by atoms with E-state index in [4.69, 9.17) is 0 Å². The lowest BCUT2D eigenvalue weighted by atomic mass is 10.4. The highest BCUT2D eigenvalue weighted by Gasteiger charge is 2.10. The first-order valence-electron chi connectivity index (χ1n) is 6.64. The van der Waals surface area contributed by atoms with Crippen LogP contribution in [0, 0.1) is 0 Å². The number of aromatic nitrogens is 5. The first-order chi connectivity index (χ1) is 9.72. The Bertz CT molecular complexity index is 530. The molecule has 0 saturated heterocycles. The summed E-state index contributed by atoms with van der Waals surface area (Å²) in [7, 11) is 0. The van der Waals surface area contributed by atoms with Crippen LogP contribution < -0.4 is 5.32 Å². The van der Waals surface area contributed by atoms with Crippen LogP contribution in [0.5, 0.6) is 0 Å². The first kappa shape index (κ1) is 14.2. The topological polar surface area (TPSA) is 91.7 Å². The molecule has 0 saturated carbocycles. The molecule has 0 bridgehead atoms. The van der Waals surface area contributed by atoms with Gasteiger partial charge in [0.1, 0.15) is 6.33 Å². The SMILES string of the molecule is CCN(CC)CCn1cc(NC(=O)c2ncn[nH]2)cn1. The summed E-state index contributed by atoms with van der Waals surface area (Å²) >= 11 is 0. The zero-order valence-corrected chi connectivity index (χ0v) is 11.7. The number of H-pyrrole nitrogens is 1. The lowest BCUT2D eigenvalue weighted by Crippen LogP contribution is -2.27. The lowest BCUT2D eigenvalue weighted by Gasteiger charge is -2.17. The van der Waals surface area contributed by atoms with E-state index in [-0.39, 0.29) is 11.7 Å². The Morgan fingerprint density at radius 2 is 2.25 bits per heavy atom. The van der Waals surface area contributed by atoms with Crippen molar-refractivity contribution >= 4 is 11.6 Å². The molecule has 2 aromatic rings. The van der Waals surface area contributed by atoms with Crippen molar-refractivity contribution in [3.05, 3.63) is 24.5 Å². The summed E-state index contributed by atoms with van der Waals surface area (Å²) in [5, 5.41) is 13.1. The number of hydrogen-bond acceptors (Lipinski definition) is 5. The summed E-state index contributed by atoms with van der Waals surface area (Å²) in [6, 6.07) is 0. The fourth-order valence-electron chi connectivity index (χ4n) is 1.84. The number of aromatic amines is 1. The zero-order chi connectivity index (χ0) is 14.4. The van der Waals surface area contributed by atoms with E-state index in [1.54, 1.807) is 12.4 Å². The van der Waals surface area contributed by atoms with Gasteiger partial charge in [0.2, 0.25) is 5.82 Å². The summed E-state index contributed by atoms with van der Waals surface area (Å²) in [5.74, 6) is -0.147. The number of carbonyl (C=O) groups excluding carboxylic acids is 1. The predicted molar refractivity (Wildman–Crippen MR) is 74.4 cm³/mol. The van der Waals surface area contributed by atoms with Crippen molar-refractivity contribution in [2.45, 2.75) is 20.4 Å². The van der Waals surface area contributed by atoms with Gasteiger partial charge in [-0.05, 0) is 13.1 Å². The summed E-state index contributed by atoms with van der Waals surface area (Å²) < 4.78 is 1.81. The van der Waals surface area contributed by atoms with Gasteiger partial charge in [-0.1, -0.05) is 13.8 Å². The van der Waals surface area contributed by atoms with Crippen LogP contribution in [0.3, 0.4) is 0 Å². The molecule has 2 rings (SSSR count). The molecule has 0 aliphatic carbocycles. The van der Waals surface area contributed by atoms with Gasteiger partial charge in [-0.3, -0.25) is 14.6 Å². The van der Waals surface area contributed by atoms with Gasteiger partial charge in [0.15, 0.2) is 0 Å². The minimum Gasteiger partial charge on any atom is -0.317 e. The van der Waals surface area contributed by atoms with Crippen LogP contribution in [0.2, 0.25) is 0 Å². The van der Waals surface area contributed by atoms with Crippen molar-refractivity contribution < 1.29 is 4.79 Å².